The molecule has 5 aliphatic rings. The van der Waals surface area contributed by atoms with Gasteiger partial charge in [0.15, 0.2) is 11.6 Å². The number of rotatable bonds is 4. The second-order valence-electron chi connectivity index (χ2n) is 14.2. The van der Waals surface area contributed by atoms with Gasteiger partial charge in [-0.2, -0.15) is 5.26 Å². The van der Waals surface area contributed by atoms with Gasteiger partial charge in [-0.1, -0.05) is 39.3 Å². The molecule has 0 aromatic rings. The van der Waals surface area contributed by atoms with Crippen LogP contribution in [0.3, 0.4) is 0 Å². The van der Waals surface area contributed by atoms with Gasteiger partial charge >= 0.3 is 0 Å². The predicted octanol–water partition coefficient (Wildman–Crippen LogP) is 6.10. The van der Waals surface area contributed by atoms with Crippen LogP contribution < -0.4 is 5.32 Å². The molecule has 1 N–H and O–H groups in total. The van der Waals surface area contributed by atoms with Crippen molar-refractivity contribution in [3.05, 3.63) is 23.3 Å². The highest BCUT2D eigenvalue weighted by atomic mass is 16.1. The Balaban J connectivity index is 1.55. The maximum absolute atomic E-state index is 14.2. The molecule has 5 rings (SSSR count). The van der Waals surface area contributed by atoms with E-state index >= 15 is 0 Å². The van der Waals surface area contributed by atoms with Crippen LogP contribution in [0.15, 0.2) is 23.3 Å². The maximum atomic E-state index is 14.2. The second kappa shape index (κ2) is 8.92. The van der Waals surface area contributed by atoms with Gasteiger partial charge in [-0.15, -0.1) is 0 Å². The van der Waals surface area contributed by atoms with Gasteiger partial charge in [-0.3, -0.25) is 14.4 Å². The predicted molar refractivity (Wildman–Crippen MR) is 143 cm³/mol. The lowest BCUT2D eigenvalue weighted by molar-refractivity contribution is -0.147. The van der Waals surface area contributed by atoms with Crippen LogP contribution in [-0.2, 0) is 14.4 Å². The number of hydrogen-bond acceptors (Lipinski definition) is 4. The summed E-state index contributed by atoms with van der Waals surface area (Å²) in [6, 6.07) is 2.14. The minimum absolute atomic E-state index is 0.00102. The second-order valence-corrected chi connectivity index (χ2v) is 14.2. The van der Waals surface area contributed by atoms with E-state index in [1.807, 2.05) is 19.1 Å². The third-order valence-electron chi connectivity index (χ3n) is 11.7. The summed E-state index contributed by atoms with van der Waals surface area (Å²) in [5.74, 6) is 1.09. The van der Waals surface area contributed by atoms with Gasteiger partial charge in [-0.05, 0) is 98.4 Å². The van der Waals surface area contributed by atoms with Crippen LogP contribution in [0.4, 0.5) is 0 Å². The van der Waals surface area contributed by atoms with Crippen molar-refractivity contribution in [2.75, 3.05) is 6.54 Å². The largest absolute Gasteiger partial charge is 0.356 e. The van der Waals surface area contributed by atoms with Crippen molar-refractivity contribution in [3.8, 4) is 6.07 Å². The highest BCUT2D eigenvalue weighted by molar-refractivity contribution is 6.01. The molecule has 5 aliphatic carbocycles. The van der Waals surface area contributed by atoms with Gasteiger partial charge in [0.2, 0.25) is 5.91 Å². The number of nitrogens with zero attached hydrogens (tertiary/aromatic N) is 1. The molecular formula is C32H44N2O3. The van der Waals surface area contributed by atoms with Gasteiger partial charge in [0.05, 0.1) is 5.57 Å². The number of fused-ring (bicyclic) bond motifs is 7. The molecule has 0 aromatic carbocycles. The van der Waals surface area contributed by atoms with E-state index in [1.165, 1.54) is 5.57 Å². The molecule has 3 saturated carbocycles. The van der Waals surface area contributed by atoms with E-state index in [0.717, 1.165) is 51.4 Å². The van der Waals surface area contributed by atoms with Crippen molar-refractivity contribution < 1.29 is 14.4 Å². The molecule has 200 valence electrons. The zero-order valence-corrected chi connectivity index (χ0v) is 23.4. The topological polar surface area (TPSA) is 87.0 Å². The van der Waals surface area contributed by atoms with Crippen molar-refractivity contribution in [1.29, 1.82) is 5.26 Å². The number of amides is 1. The number of allylic oxidation sites excluding steroid dienone is 4. The summed E-state index contributed by atoms with van der Waals surface area (Å²) in [6.45, 7) is 11.9. The molecule has 0 saturated heterocycles. The van der Waals surface area contributed by atoms with E-state index in [-0.39, 0.29) is 57.0 Å². The summed E-state index contributed by atoms with van der Waals surface area (Å²) in [4.78, 5) is 39.2. The first kappa shape index (κ1) is 26.4. The highest BCUT2D eigenvalue weighted by Crippen LogP contribution is 2.69. The maximum Gasteiger partial charge on any atom is 0.220 e. The van der Waals surface area contributed by atoms with E-state index in [1.54, 1.807) is 0 Å². The first-order valence-electron chi connectivity index (χ1n) is 14.6. The van der Waals surface area contributed by atoms with Crippen LogP contribution in [0.5, 0.6) is 0 Å². The van der Waals surface area contributed by atoms with Crippen LogP contribution in [0.2, 0.25) is 0 Å². The minimum Gasteiger partial charge on any atom is -0.356 e. The Kier molecular flexibility index (Phi) is 6.36. The molecule has 7 atom stereocenters. The number of nitriles is 1. The standard InChI is InChI=1S/C32H44N2O3/c1-6-34-27(37)9-12-32-11-8-22-28(23(32)18-29(2,3)13-14-32)25(36)16-26-30(22,4)10-7-21-15-24(35)20(19-33)17-31(21,26)5/h16-17,21-23,28H,6-15,18H2,1-5H3,(H,34,37). The molecule has 5 nitrogen and oxygen atoms in total. The zero-order chi connectivity index (χ0) is 26.8. The molecule has 3 fully saturated rings. The molecule has 37 heavy (non-hydrogen) atoms. The molecular weight excluding hydrogens is 460 g/mol. The third kappa shape index (κ3) is 4.05. The van der Waals surface area contributed by atoms with E-state index in [0.29, 0.717) is 25.3 Å². The Hall–Kier alpha value is -2.22. The Morgan fingerprint density at radius 2 is 1.84 bits per heavy atom. The summed E-state index contributed by atoms with van der Waals surface area (Å²) in [5, 5.41) is 12.6. The molecule has 0 radical (unpaired) electrons. The monoisotopic (exact) mass is 504 g/mol. The Labute approximate surface area is 222 Å². The van der Waals surface area contributed by atoms with Crippen molar-refractivity contribution in [1.82, 2.24) is 5.32 Å². The van der Waals surface area contributed by atoms with E-state index < -0.39 is 5.41 Å². The first-order valence-corrected chi connectivity index (χ1v) is 14.6. The summed E-state index contributed by atoms with van der Waals surface area (Å²) >= 11 is 0. The Morgan fingerprint density at radius 3 is 2.54 bits per heavy atom. The van der Waals surface area contributed by atoms with Crippen LogP contribution in [0.1, 0.15) is 98.8 Å². The number of hydrogen-bond donors (Lipinski definition) is 1. The van der Waals surface area contributed by atoms with Crippen molar-refractivity contribution in [2.24, 2.45) is 45.3 Å². The van der Waals surface area contributed by atoms with Crippen molar-refractivity contribution in [3.63, 3.8) is 0 Å². The third-order valence-corrected chi connectivity index (χ3v) is 11.7. The summed E-state index contributed by atoms with van der Waals surface area (Å²) in [5.41, 5.74) is 1.18. The quantitative estimate of drug-likeness (QED) is 0.501. The van der Waals surface area contributed by atoms with Gasteiger partial charge in [-0.25, -0.2) is 0 Å². The SMILES string of the molecule is CCNC(=O)CCC12CCC3C(C(=O)C=C4C5(C)C=C(C#N)C(=O)CC5CCC43C)C1CC(C)(C)CC2. The summed E-state index contributed by atoms with van der Waals surface area (Å²) in [6.07, 6.45) is 13.1. The summed E-state index contributed by atoms with van der Waals surface area (Å²) in [7, 11) is 0. The lowest BCUT2D eigenvalue weighted by Crippen LogP contribution is -2.59. The molecule has 0 spiro atoms. The van der Waals surface area contributed by atoms with Gasteiger partial charge in [0, 0.05) is 30.7 Å². The van der Waals surface area contributed by atoms with Crippen molar-refractivity contribution in [2.45, 2.75) is 98.8 Å². The molecule has 7 unspecified atom stereocenters. The Bertz CT molecular complexity index is 1130. The zero-order valence-electron chi connectivity index (χ0n) is 23.4. The summed E-state index contributed by atoms with van der Waals surface area (Å²) < 4.78 is 0. The number of nitrogens with one attached hydrogen (secondary N) is 1. The van der Waals surface area contributed by atoms with E-state index in [9.17, 15) is 19.6 Å². The number of carbonyl (C=O) groups excluding carboxylic acids is 3. The molecule has 5 heteroatoms. The molecule has 0 aliphatic heterocycles. The number of ketones is 2. The van der Waals surface area contributed by atoms with Gasteiger partial charge in [0.1, 0.15) is 6.07 Å². The fourth-order valence-corrected chi connectivity index (χ4v) is 9.61. The van der Waals surface area contributed by atoms with Gasteiger partial charge < -0.3 is 5.32 Å². The fourth-order valence-electron chi connectivity index (χ4n) is 9.61. The van der Waals surface area contributed by atoms with Gasteiger partial charge in [0.25, 0.3) is 0 Å². The van der Waals surface area contributed by atoms with Crippen LogP contribution in [-0.4, -0.2) is 24.0 Å². The van der Waals surface area contributed by atoms with E-state index in [2.05, 4.69) is 39.1 Å². The number of Topliss-reactive ketones (excluding diaryl/α,β-unsaturated/α-hetero) is 1. The molecule has 0 heterocycles. The van der Waals surface area contributed by atoms with E-state index in [4.69, 9.17) is 0 Å². The lowest BCUT2D eigenvalue weighted by Gasteiger charge is -2.64. The van der Waals surface area contributed by atoms with Crippen LogP contribution >= 0.6 is 0 Å². The number of carbonyl (C=O) groups is 3. The average Bonchev–Trinajstić information content (AvgIpc) is 2.84. The Morgan fingerprint density at radius 1 is 1.08 bits per heavy atom. The molecule has 0 bridgehead atoms. The van der Waals surface area contributed by atoms with Crippen LogP contribution in [0.25, 0.3) is 0 Å². The van der Waals surface area contributed by atoms with Crippen LogP contribution in [0, 0.1) is 56.7 Å². The molecule has 1 amide bonds. The fraction of sp³-hybridized carbons (Fsp3) is 0.750. The lowest BCUT2D eigenvalue weighted by atomic mass is 9.39. The minimum atomic E-state index is -0.411. The smallest absolute Gasteiger partial charge is 0.220 e. The normalized spacial score (nSPS) is 42.2. The highest BCUT2D eigenvalue weighted by Gasteiger charge is 2.63. The average molecular weight is 505 g/mol. The first-order chi connectivity index (χ1) is 17.4. The molecule has 0 aromatic heterocycles. The van der Waals surface area contributed by atoms with Crippen molar-refractivity contribution >= 4 is 17.5 Å².